The Hall–Kier alpha value is -2.58. The number of carbonyl (C=O) groups excluding carboxylic acids is 1. The molecule has 1 amide bonds. The largest absolute Gasteiger partial charge is 0.493 e. The molecule has 0 saturated carbocycles. The number of hydrogen-bond donors (Lipinski definition) is 1. The zero-order chi connectivity index (χ0) is 19.7. The smallest absolute Gasteiger partial charge is 0.229 e. The fourth-order valence-corrected chi connectivity index (χ4v) is 3.87. The van der Waals surface area contributed by atoms with Gasteiger partial charge >= 0.3 is 0 Å². The molecule has 3 aromatic rings. The molecule has 0 saturated heterocycles. The topological polar surface area (TPSA) is 78.3 Å². The Morgan fingerprint density at radius 1 is 1.32 bits per heavy atom. The van der Waals surface area contributed by atoms with Crippen LogP contribution in [0.5, 0.6) is 11.5 Å². The number of nitrogens with one attached hydrogen (secondary N) is 1. The monoisotopic (exact) mass is 462 g/mol. The molecule has 0 aliphatic carbocycles. The van der Waals surface area contributed by atoms with Crippen molar-refractivity contribution in [3.63, 3.8) is 0 Å². The van der Waals surface area contributed by atoms with E-state index in [0.717, 1.165) is 15.6 Å². The molecule has 1 unspecified atom stereocenters. The van der Waals surface area contributed by atoms with E-state index in [2.05, 4.69) is 31.3 Å². The lowest BCUT2D eigenvalue weighted by molar-refractivity contribution is -0.117. The van der Waals surface area contributed by atoms with E-state index < -0.39 is 0 Å². The summed E-state index contributed by atoms with van der Waals surface area (Å²) < 4.78 is 13.9. The minimum absolute atomic E-state index is 0.115. The maximum atomic E-state index is 12.1. The SMILES string of the molecule is COc1cc(C2CC(=O)Nc3ncnn32)c(Br)cc1OCc1ccccc1Cl. The number of benzene rings is 2. The molecule has 28 heavy (non-hydrogen) atoms. The van der Waals surface area contributed by atoms with Gasteiger partial charge in [0.15, 0.2) is 11.5 Å². The predicted molar refractivity (Wildman–Crippen MR) is 108 cm³/mol. The average molecular weight is 464 g/mol. The maximum Gasteiger partial charge on any atom is 0.229 e. The number of hydrogen-bond acceptors (Lipinski definition) is 5. The number of ether oxygens (including phenoxy) is 2. The number of halogens is 2. The Morgan fingerprint density at radius 2 is 2.14 bits per heavy atom. The Bertz CT molecular complexity index is 1040. The summed E-state index contributed by atoms with van der Waals surface area (Å²) >= 11 is 9.79. The second kappa shape index (κ2) is 7.81. The fraction of sp³-hybridized carbons (Fsp3) is 0.211. The highest BCUT2D eigenvalue weighted by molar-refractivity contribution is 9.10. The second-order valence-electron chi connectivity index (χ2n) is 6.20. The van der Waals surface area contributed by atoms with Crippen LogP contribution in [-0.2, 0) is 11.4 Å². The van der Waals surface area contributed by atoms with Gasteiger partial charge in [-0.2, -0.15) is 10.1 Å². The van der Waals surface area contributed by atoms with Gasteiger partial charge in [0.05, 0.1) is 19.6 Å². The molecule has 0 fully saturated rings. The maximum absolute atomic E-state index is 12.1. The molecular weight excluding hydrogens is 448 g/mol. The van der Waals surface area contributed by atoms with Gasteiger partial charge in [0, 0.05) is 15.1 Å². The highest BCUT2D eigenvalue weighted by Gasteiger charge is 2.30. The van der Waals surface area contributed by atoms with Gasteiger partial charge in [-0.15, -0.1) is 0 Å². The number of aromatic nitrogens is 3. The number of methoxy groups -OCH3 is 1. The standard InChI is InChI=1S/C19H16BrClN4O3/c1-27-16-6-12(15-8-18(26)24-19-22-10-23-25(15)19)13(20)7-17(16)28-9-11-4-2-3-5-14(11)21/h2-7,10,15H,8-9H2,1H3,(H,22,23,24,26). The quantitative estimate of drug-likeness (QED) is 0.613. The summed E-state index contributed by atoms with van der Waals surface area (Å²) in [5.74, 6) is 1.43. The Labute approximate surface area is 174 Å². The van der Waals surface area contributed by atoms with E-state index in [0.29, 0.717) is 29.1 Å². The lowest BCUT2D eigenvalue weighted by Gasteiger charge is -2.25. The molecule has 0 radical (unpaired) electrons. The van der Waals surface area contributed by atoms with Gasteiger partial charge in [-0.3, -0.25) is 10.1 Å². The molecule has 0 bridgehead atoms. The summed E-state index contributed by atoms with van der Waals surface area (Å²) in [6, 6.07) is 10.9. The highest BCUT2D eigenvalue weighted by atomic mass is 79.9. The third-order valence-electron chi connectivity index (χ3n) is 4.48. The van der Waals surface area contributed by atoms with Crippen LogP contribution in [0.15, 0.2) is 47.2 Å². The van der Waals surface area contributed by atoms with Crippen LogP contribution in [0.3, 0.4) is 0 Å². The normalized spacial score (nSPS) is 15.7. The van der Waals surface area contributed by atoms with Gasteiger partial charge in [0.1, 0.15) is 12.9 Å². The minimum Gasteiger partial charge on any atom is -0.493 e. The van der Waals surface area contributed by atoms with Crippen molar-refractivity contribution in [2.45, 2.75) is 19.1 Å². The zero-order valence-corrected chi connectivity index (χ0v) is 17.2. The number of rotatable bonds is 5. The molecule has 4 rings (SSSR count). The van der Waals surface area contributed by atoms with Gasteiger partial charge in [-0.05, 0) is 23.8 Å². The van der Waals surface area contributed by atoms with E-state index in [9.17, 15) is 4.79 Å². The van der Waals surface area contributed by atoms with Crippen LogP contribution in [-0.4, -0.2) is 27.8 Å². The molecule has 1 aliphatic heterocycles. The van der Waals surface area contributed by atoms with Crippen LogP contribution >= 0.6 is 27.5 Å². The lowest BCUT2D eigenvalue weighted by Crippen LogP contribution is -2.29. The molecule has 7 nitrogen and oxygen atoms in total. The highest BCUT2D eigenvalue weighted by Crippen LogP contribution is 2.40. The molecule has 9 heteroatoms. The molecule has 2 aromatic carbocycles. The van der Waals surface area contributed by atoms with Crippen molar-refractivity contribution in [3.05, 3.63) is 63.3 Å². The average Bonchev–Trinajstić information content (AvgIpc) is 3.15. The Morgan fingerprint density at radius 3 is 2.93 bits per heavy atom. The van der Waals surface area contributed by atoms with Gasteiger partial charge < -0.3 is 9.47 Å². The molecule has 2 heterocycles. The third kappa shape index (κ3) is 3.57. The number of carbonyl (C=O) groups is 1. The molecule has 1 N–H and O–H groups in total. The molecule has 0 spiro atoms. The predicted octanol–water partition coefficient (Wildman–Crippen LogP) is 4.21. The van der Waals surface area contributed by atoms with Gasteiger partial charge in [-0.1, -0.05) is 45.7 Å². The first-order chi connectivity index (χ1) is 13.6. The lowest BCUT2D eigenvalue weighted by atomic mass is 10.0. The van der Waals surface area contributed by atoms with Crippen molar-refractivity contribution in [1.82, 2.24) is 14.8 Å². The first-order valence-electron chi connectivity index (χ1n) is 8.50. The summed E-state index contributed by atoms with van der Waals surface area (Å²) in [6.45, 7) is 0.306. The van der Waals surface area contributed by atoms with E-state index in [-0.39, 0.29) is 18.4 Å². The van der Waals surface area contributed by atoms with Crippen LogP contribution in [0.2, 0.25) is 5.02 Å². The number of anilines is 1. The molecular formula is C19H16BrClN4O3. The van der Waals surface area contributed by atoms with Crippen molar-refractivity contribution in [2.75, 3.05) is 12.4 Å². The Kier molecular flexibility index (Phi) is 5.23. The minimum atomic E-state index is -0.299. The summed E-state index contributed by atoms with van der Waals surface area (Å²) in [6.07, 6.45) is 1.66. The summed E-state index contributed by atoms with van der Waals surface area (Å²) in [5, 5.41) is 7.59. The van der Waals surface area contributed by atoms with Crippen molar-refractivity contribution in [3.8, 4) is 11.5 Å². The van der Waals surface area contributed by atoms with Gasteiger partial charge in [-0.25, -0.2) is 4.68 Å². The molecule has 1 aliphatic rings. The number of amides is 1. The van der Waals surface area contributed by atoms with E-state index in [1.807, 2.05) is 36.4 Å². The van der Waals surface area contributed by atoms with E-state index in [4.69, 9.17) is 21.1 Å². The van der Waals surface area contributed by atoms with Crippen molar-refractivity contribution >= 4 is 39.4 Å². The van der Waals surface area contributed by atoms with Crippen LogP contribution < -0.4 is 14.8 Å². The van der Waals surface area contributed by atoms with E-state index in [1.165, 1.54) is 6.33 Å². The fourth-order valence-electron chi connectivity index (χ4n) is 3.10. The summed E-state index contributed by atoms with van der Waals surface area (Å²) in [7, 11) is 1.57. The first kappa shape index (κ1) is 18.8. The number of fused-ring (bicyclic) bond motifs is 1. The summed E-state index contributed by atoms with van der Waals surface area (Å²) in [4.78, 5) is 16.1. The van der Waals surface area contributed by atoms with Crippen molar-refractivity contribution in [1.29, 1.82) is 0 Å². The third-order valence-corrected chi connectivity index (χ3v) is 5.54. The van der Waals surface area contributed by atoms with Crippen molar-refractivity contribution in [2.24, 2.45) is 0 Å². The zero-order valence-electron chi connectivity index (χ0n) is 14.9. The Balaban J connectivity index is 1.65. The van der Waals surface area contributed by atoms with Gasteiger partial charge in [0.25, 0.3) is 0 Å². The first-order valence-corrected chi connectivity index (χ1v) is 9.67. The molecule has 1 atom stereocenters. The van der Waals surface area contributed by atoms with Gasteiger partial charge in [0.2, 0.25) is 11.9 Å². The van der Waals surface area contributed by atoms with E-state index >= 15 is 0 Å². The summed E-state index contributed by atoms with van der Waals surface area (Å²) in [5.41, 5.74) is 1.73. The second-order valence-corrected chi connectivity index (χ2v) is 7.46. The molecule has 144 valence electrons. The van der Waals surface area contributed by atoms with Crippen LogP contribution in [0.1, 0.15) is 23.6 Å². The molecule has 1 aromatic heterocycles. The van der Waals surface area contributed by atoms with Crippen molar-refractivity contribution < 1.29 is 14.3 Å². The van der Waals surface area contributed by atoms with Crippen LogP contribution in [0, 0.1) is 0 Å². The number of nitrogens with zero attached hydrogens (tertiary/aromatic N) is 3. The van der Waals surface area contributed by atoms with Crippen LogP contribution in [0.25, 0.3) is 0 Å². The van der Waals surface area contributed by atoms with Crippen LogP contribution in [0.4, 0.5) is 5.95 Å². The van der Waals surface area contributed by atoms with E-state index in [1.54, 1.807) is 11.8 Å².